The number of nitrogens with two attached hydrogens (primary N) is 1. The van der Waals surface area contributed by atoms with E-state index in [4.69, 9.17) is 20.2 Å². The molecule has 114 valence electrons. The normalized spacial score (nSPS) is 26.0. The highest BCUT2D eigenvalue weighted by atomic mass is 16.5. The number of nitrogens with zero attached hydrogens (tertiary/aromatic N) is 1. The molecular weight excluding hydrogens is 266 g/mol. The number of imidazole rings is 1. The largest absolute Gasteiger partial charge is 0.493 e. The minimum atomic E-state index is -0.350. The number of hydrogen-bond donors (Lipinski definition) is 2. The summed E-state index contributed by atoms with van der Waals surface area (Å²) in [4.78, 5) is 8.09. The van der Waals surface area contributed by atoms with Crippen LogP contribution in [0, 0.1) is 5.92 Å². The Kier molecular flexibility index (Phi) is 3.53. The maximum atomic E-state index is 6.62. The van der Waals surface area contributed by atoms with Gasteiger partial charge in [0, 0.05) is 12.1 Å². The lowest BCUT2D eigenvalue weighted by Gasteiger charge is -2.35. The van der Waals surface area contributed by atoms with Gasteiger partial charge in [-0.2, -0.15) is 0 Å². The predicted octanol–water partition coefficient (Wildman–Crippen LogP) is 2.94. The van der Waals surface area contributed by atoms with Crippen LogP contribution in [0.1, 0.15) is 38.4 Å². The molecule has 0 saturated heterocycles. The minimum Gasteiger partial charge on any atom is -0.493 e. The molecule has 1 saturated carbocycles. The molecule has 2 unspecified atom stereocenters. The van der Waals surface area contributed by atoms with Crippen LogP contribution in [0.15, 0.2) is 12.1 Å². The summed E-state index contributed by atoms with van der Waals surface area (Å²) in [6.07, 6.45) is 4.36. The molecule has 1 heterocycles. The van der Waals surface area contributed by atoms with Gasteiger partial charge >= 0.3 is 0 Å². The van der Waals surface area contributed by atoms with E-state index in [0.717, 1.165) is 36.1 Å². The number of benzene rings is 1. The molecule has 1 aromatic carbocycles. The average Bonchev–Trinajstić information content (AvgIpc) is 2.89. The van der Waals surface area contributed by atoms with Gasteiger partial charge in [0.15, 0.2) is 11.5 Å². The standard InChI is InChI=1S/C16H23N3O2/c1-10-5-4-6-16(17,9-10)15-18-11-7-13(20-2)14(21-3)8-12(11)19-15/h7-8,10H,4-6,9,17H2,1-3H3,(H,18,19). The van der Waals surface area contributed by atoms with Crippen molar-refractivity contribution in [1.29, 1.82) is 0 Å². The molecule has 2 aromatic rings. The first-order valence-electron chi connectivity index (χ1n) is 7.47. The first-order valence-corrected chi connectivity index (χ1v) is 7.47. The second-order valence-corrected chi connectivity index (χ2v) is 6.17. The van der Waals surface area contributed by atoms with Crippen LogP contribution in [0.5, 0.6) is 11.5 Å². The van der Waals surface area contributed by atoms with Gasteiger partial charge in [-0.25, -0.2) is 4.98 Å². The number of fused-ring (bicyclic) bond motifs is 1. The molecule has 3 N–H and O–H groups in total. The van der Waals surface area contributed by atoms with Crippen LogP contribution in [-0.2, 0) is 5.54 Å². The zero-order chi connectivity index (χ0) is 15.0. The molecule has 0 bridgehead atoms. The van der Waals surface area contributed by atoms with Gasteiger partial charge in [-0.1, -0.05) is 19.8 Å². The molecule has 1 aliphatic carbocycles. The number of aromatic amines is 1. The zero-order valence-electron chi connectivity index (χ0n) is 12.9. The Morgan fingerprint density at radius 1 is 1.29 bits per heavy atom. The molecule has 0 amide bonds. The van der Waals surface area contributed by atoms with Crippen molar-refractivity contribution < 1.29 is 9.47 Å². The van der Waals surface area contributed by atoms with Crippen molar-refractivity contribution >= 4 is 11.0 Å². The molecule has 1 fully saturated rings. The topological polar surface area (TPSA) is 73.2 Å². The van der Waals surface area contributed by atoms with E-state index in [1.54, 1.807) is 14.2 Å². The fourth-order valence-corrected chi connectivity index (χ4v) is 3.38. The first-order chi connectivity index (χ1) is 10.1. The molecule has 5 nitrogen and oxygen atoms in total. The highest BCUT2D eigenvalue weighted by Crippen LogP contribution is 2.38. The number of aromatic nitrogens is 2. The smallest absolute Gasteiger partial charge is 0.163 e. The number of rotatable bonds is 3. The summed E-state index contributed by atoms with van der Waals surface area (Å²) in [5.74, 6) is 2.90. The van der Waals surface area contributed by atoms with Crippen molar-refractivity contribution in [3.63, 3.8) is 0 Å². The van der Waals surface area contributed by atoms with Gasteiger partial charge in [-0.3, -0.25) is 0 Å². The lowest BCUT2D eigenvalue weighted by Crippen LogP contribution is -2.42. The predicted molar refractivity (Wildman–Crippen MR) is 82.7 cm³/mol. The Hall–Kier alpha value is -1.75. The van der Waals surface area contributed by atoms with Gasteiger partial charge in [-0.05, 0) is 18.8 Å². The highest BCUT2D eigenvalue weighted by Gasteiger charge is 2.35. The summed E-state index contributed by atoms with van der Waals surface area (Å²) in [6, 6.07) is 3.81. The Balaban J connectivity index is 2.04. The molecule has 5 heteroatoms. The van der Waals surface area contributed by atoms with E-state index < -0.39 is 0 Å². The third-order valence-electron chi connectivity index (χ3n) is 4.49. The maximum absolute atomic E-state index is 6.62. The average molecular weight is 289 g/mol. The first kappa shape index (κ1) is 14.2. The monoisotopic (exact) mass is 289 g/mol. The molecule has 2 atom stereocenters. The van der Waals surface area contributed by atoms with Gasteiger partial charge in [-0.15, -0.1) is 0 Å². The van der Waals surface area contributed by atoms with E-state index in [1.165, 1.54) is 6.42 Å². The number of ether oxygens (including phenoxy) is 2. The Bertz CT molecular complexity index is 611. The summed E-state index contributed by atoms with van der Waals surface area (Å²) in [7, 11) is 3.26. The third kappa shape index (κ3) is 2.46. The lowest BCUT2D eigenvalue weighted by molar-refractivity contribution is 0.230. The van der Waals surface area contributed by atoms with E-state index in [9.17, 15) is 0 Å². The summed E-state index contributed by atoms with van der Waals surface area (Å²) < 4.78 is 10.7. The summed E-state index contributed by atoms with van der Waals surface area (Å²) >= 11 is 0. The van der Waals surface area contributed by atoms with Crippen LogP contribution < -0.4 is 15.2 Å². The number of hydrogen-bond acceptors (Lipinski definition) is 4. The van der Waals surface area contributed by atoms with Gasteiger partial charge in [0.05, 0.1) is 30.8 Å². The molecule has 0 spiro atoms. The molecule has 21 heavy (non-hydrogen) atoms. The molecule has 0 aliphatic heterocycles. The van der Waals surface area contributed by atoms with Crippen LogP contribution in [0.2, 0.25) is 0 Å². The number of methoxy groups -OCH3 is 2. The summed E-state index contributed by atoms with van der Waals surface area (Å²) in [5, 5.41) is 0. The molecule has 0 radical (unpaired) electrons. The van der Waals surface area contributed by atoms with Crippen LogP contribution in [0.3, 0.4) is 0 Å². The highest BCUT2D eigenvalue weighted by molar-refractivity contribution is 5.80. The van der Waals surface area contributed by atoms with Gasteiger partial charge in [0.1, 0.15) is 5.82 Å². The second-order valence-electron chi connectivity index (χ2n) is 6.17. The van der Waals surface area contributed by atoms with Crippen molar-refractivity contribution in [2.75, 3.05) is 14.2 Å². The Morgan fingerprint density at radius 3 is 2.67 bits per heavy atom. The summed E-state index contributed by atoms with van der Waals surface area (Å²) in [6.45, 7) is 2.26. The SMILES string of the molecule is COc1cc2nc(C3(N)CCCC(C)C3)[nH]c2cc1OC. The van der Waals surface area contributed by atoms with Gasteiger partial charge in [0.2, 0.25) is 0 Å². The van der Waals surface area contributed by atoms with Gasteiger partial charge in [0.25, 0.3) is 0 Å². The second kappa shape index (κ2) is 5.22. The van der Waals surface area contributed by atoms with E-state index in [-0.39, 0.29) is 5.54 Å². The van der Waals surface area contributed by atoms with E-state index >= 15 is 0 Å². The van der Waals surface area contributed by atoms with E-state index in [2.05, 4.69) is 11.9 Å². The van der Waals surface area contributed by atoms with Crippen LogP contribution >= 0.6 is 0 Å². The molecule has 3 rings (SSSR count). The lowest BCUT2D eigenvalue weighted by atomic mass is 9.76. The van der Waals surface area contributed by atoms with Crippen molar-refractivity contribution in [3.05, 3.63) is 18.0 Å². The van der Waals surface area contributed by atoms with Crippen molar-refractivity contribution in [2.24, 2.45) is 11.7 Å². The Morgan fingerprint density at radius 2 is 2.00 bits per heavy atom. The van der Waals surface area contributed by atoms with Crippen molar-refractivity contribution in [3.8, 4) is 11.5 Å². The number of H-pyrrole nitrogens is 1. The third-order valence-corrected chi connectivity index (χ3v) is 4.49. The minimum absolute atomic E-state index is 0.350. The fourth-order valence-electron chi connectivity index (χ4n) is 3.38. The molecular formula is C16H23N3O2. The number of nitrogens with one attached hydrogen (secondary N) is 1. The quantitative estimate of drug-likeness (QED) is 0.911. The van der Waals surface area contributed by atoms with E-state index in [0.29, 0.717) is 17.4 Å². The zero-order valence-corrected chi connectivity index (χ0v) is 12.9. The van der Waals surface area contributed by atoms with Crippen molar-refractivity contribution in [2.45, 2.75) is 38.1 Å². The Labute approximate surface area is 124 Å². The van der Waals surface area contributed by atoms with E-state index in [1.807, 2.05) is 12.1 Å². The fraction of sp³-hybridized carbons (Fsp3) is 0.562. The van der Waals surface area contributed by atoms with Crippen molar-refractivity contribution in [1.82, 2.24) is 9.97 Å². The van der Waals surface area contributed by atoms with Crippen LogP contribution in [0.4, 0.5) is 0 Å². The maximum Gasteiger partial charge on any atom is 0.163 e. The van der Waals surface area contributed by atoms with Crippen LogP contribution in [-0.4, -0.2) is 24.2 Å². The van der Waals surface area contributed by atoms with Gasteiger partial charge < -0.3 is 20.2 Å². The molecule has 1 aliphatic rings. The summed E-state index contributed by atoms with van der Waals surface area (Å²) in [5.41, 5.74) is 8.07. The molecule has 1 aromatic heterocycles. The van der Waals surface area contributed by atoms with Crippen LogP contribution in [0.25, 0.3) is 11.0 Å².